The van der Waals surface area contributed by atoms with E-state index < -0.39 is 21.9 Å². The molecule has 0 spiro atoms. The summed E-state index contributed by atoms with van der Waals surface area (Å²) < 4.78 is 29.9. The van der Waals surface area contributed by atoms with Crippen LogP contribution in [0.2, 0.25) is 0 Å². The van der Waals surface area contributed by atoms with Gasteiger partial charge in [0.25, 0.3) is 0 Å². The highest BCUT2D eigenvalue weighted by Gasteiger charge is 2.33. The van der Waals surface area contributed by atoms with E-state index in [4.69, 9.17) is 4.74 Å². The van der Waals surface area contributed by atoms with Gasteiger partial charge < -0.3 is 10.1 Å². The van der Waals surface area contributed by atoms with Crippen LogP contribution in [0.4, 0.5) is 5.00 Å². The van der Waals surface area contributed by atoms with Crippen LogP contribution in [0.3, 0.4) is 0 Å². The average molecular weight is 415 g/mol. The zero-order valence-corrected chi connectivity index (χ0v) is 17.5. The molecule has 0 aromatic carbocycles. The number of fused-ring (bicyclic) bond motifs is 1. The molecule has 1 N–H and O–H groups in total. The molecule has 1 fully saturated rings. The average Bonchev–Trinajstić information content (AvgIpc) is 2.97. The van der Waals surface area contributed by atoms with Crippen LogP contribution in [0.25, 0.3) is 0 Å². The SMILES string of the molecule is COC(=O)c1c(NC(=O)C2CCCN(S(C)(=O)=O)C2)sc2c1CCC(C)C2. The number of amides is 1. The van der Waals surface area contributed by atoms with Gasteiger partial charge in [0, 0.05) is 18.0 Å². The smallest absolute Gasteiger partial charge is 0.341 e. The molecule has 0 bridgehead atoms. The van der Waals surface area contributed by atoms with Crippen molar-refractivity contribution in [2.75, 3.05) is 31.8 Å². The summed E-state index contributed by atoms with van der Waals surface area (Å²) in [6.45, 7) is 2.81. The van der Waals surface area contributed by atoms with E-state index in [-0.39, 0.29) is 12.5 Å². The van der Waals surface area contributed by atoms with Crippen molar-refractivity contribution >= 4 is 38.2 Å². The Bertz CT molecular complexity index is 846. The molecule has 0 saturated carbocycles. The molecule has 1 aromatic rings. The van der Waals surface area contributed by atoms with E-state index in [1.165, 1.54) is 22.8 Å². The van der Waals surface area contributed by atoms with Crippen LogP contribution in [0.15, 0.2) is 0 Å². The first-order valence-corrected chi connectivity index (χ1v) is 11.9. The molecule has 1 aliphatic carbocycles. The monoisotopic (exact) mass is 414 g/mol. The summed E-state index contributed by atoms with van der Waals surface area (Å²) in [5, 5.41) is 3.43. The van der Waals surface area contributed by atoms with Crippen molar-refractivity contribution in [3.63, 3.8) is 0 Å². The molecule has 7 nitrogen and oxygen atoms in total. The van der Waals surface area contributed by atoms with Gasteiger partial charge in [-0.15, -0.1) is 11.3 Å². The fourth-order valence-electron chi connectivity index (χ4n) is 3.83. The predicted molar refractivity (Wildman–Crippen MR) is 105 cm³/mol. The third-order valence-corrected chi connectivity index (χ3v) is 7.80. The minimum Gasteiger partial charge on any atom is -0.465 e. The number of carbonyl (C=O) groups is 2. The van der Waals surface area contributed by atoms with E-state index in [0.29, 0.717) is 35.9 Å². The summed E-state index contributed by atoms with van der Waals surface area (Å²) >= 11 is 1.44. The van der Waals surface area contributed by atoms with Crippen molar-refractivity contribution in [1.29, 1.82) is 0 Å². The Kier molecular flexibility index (Phi) is 5.93. The molecular formula is C18H26N2O5S2. The number of sulfonamides is 1. The first kappa shape index (κ1) is 20.3. The number of rotatable bonds is 4. The van der Waals surface area contributed by atoms with Crippen LogP contribution < -0.4 is 5.32 Å². The van der Waals surface area contributed by atoms with E-state index in [9.17, 15) is 18.0 Å². The van der Waals surface area contributed by atoms with Crippen LogP contribution in [-0.4, -0.2) is 51.1 Å². The number of piperidine rings is 1. The van der Waals surface area contributed by atoms with Crippen molar-refractivity contribution < 1.29 is 22.7 Å². The number of anilines is 1. The second-order valence-electron chi connectivity index (χ2n) is 7.50. The predicted octanol–water partition coefficient (Wildman–Crippen LogP) is 2.27. The lowest BCUT2D eigenvalue weighted by Crippen LogP contribution is -2.43. The van der Waals surface area contributed by atoms with Gasteiger partial charge in [-0.1, -0.05) is 6.92 Å². The Labute approximate surface area is 164 Å². The van der Waals surface area contributed by atoms with Crippen molar-refractivity contribution in [2.45, 2.75) is 39.0 Å². The lowest BCUT2D eigenvalue weighted by atomic mass is 9.88. The van der Waals surface area contributed by atoms with Crippen LogP contribution >= 0.6 is 11.3 Å². The van der Waals surface area contributed by atoms with Crippen LogP contribution in [0.5, 0.6) is 0 Å². The first-order valence-electron chi connectivity index (χ1n) is 9.19. The normalized spacial score (nSPS) is 23.5. The number of carbonyl (C=O) groups excluding carboxylic acids is 2. The molecule has 1 amide bonds. The Morgan fingerprint density at radius 1 is 1.30 bits per heavy atom. The van der Waals surface area contributed by atoms with Crippen molar-refractivity contribution in [3.8, 4) is 0 Å². The molecule has 1 aliphatic heterocycles. The van der Waals surface area contributed by atoms with E-state index >= 15 is 0 Å². The molecule has 1 saturated heterocycles. The fraction of sp³-hybridized carbons (Fsp3) is 0.667. The minimum absolute atomic E-state index is 0.181. The maximum Gasteiger partial charge on any atom is 0.341 e. The number of nitrogens with zero attached hydrogens (tertiary/aromatic N) is 1. The lowest BCUT2D eigenvalue weighted by molar-refractivity contribution is -0.120. The number of ether oxygens (including phenoxy) is 1. The molecule has 2 atom stereocenters. The maximum atomic E-state index is 12.8. The van der Waals surface area contributed by atoms with Gasteiger partial charge in [-0.05, 0) is 43.6 Å². The highest BCUT2D eigenvalue weighted by molar-refractivity contribution is 7.88. The first-order chi connectivity index (χ1) is 12.7. The van der Waals surface area contributed by atoms with E-state index in [0.717, 1.165) is 36.0 Å². The van der Waals surface area contributed by atoms with E-state index in [1.54, 1.807) is 0 Å². The lowest BCUT2D eigenvalue weighted by Gasteiger charge is -2.30. The van der Waals surface area contributed by atoms with E-state index in [1.807, 2.05) is 0 Å². The molecule has 0 radical (unpaired) electrons. The summed E-state index contributed by atoms with van der Waals surface area (Å²) in [4.78, 5) is 26.3. The summed E-state index contributed by atoms with van der Waals surface area (Å²) in [5.74, 6) is -0.539. The van der Waals surface area contributed by atoms with Crippen LogP contribution in [0.1, 0.15) is 47.0 Å². The number of hydrogen-bond donors (Lipinski definition) is 1. The van der Waals surface area contributed by atoms with Gasteiger partial charge in [0.05, 0.1) is 24.8 Å². The van der Waals surface area contributed by atoms with Gasteiger partial charge in [0.2, 0.25) is 15.9 Å². The maximum absolute atomic E-state index is 12.8. The van der Waals surface area contributed by atoms with Gasteiger partial charge in [-0.25, -0.2) is 17.5 Å². The second-order valence-corrected chi connectivity index (χ2v) is 10.6. The van der Waals surface area contributed by atoms with Gasteiger partial charge in [0.15, 0.2) is 0 Å². The topological polar surface area (TPSA) is 92.8 Å². The Morgan fingerprint density at radius 3 is 2.70 bits per heavy atom. The standard InChI is InChI=1S/C18H26N2O5S2/c1-11-6-7-13-14(9-11)26-17(15(13)18(22)25-2)19-16(21)12-5-4-8-20(10-12)27(3,23)24/h11-12H,4-10H2,1-3H3,(H,19,21). The molecule has 1 aromatic heterocycles. The quantitative estimate of drug-likeness (QED) is 0.763. The molecule has 3 rings (SSSR count). The summed E-state index contributed by atoms with van der Waals surface area (Å²) in [5.41, 5.74) is 1.45. The number of esters is 1. The molecule has 150 valence electrons. The molecule has 2 aliphatic rings. The number of methoxy groups -OCH3 is 1. The van der Waals surface area contributed by atoms with Gasteiger partial charge in [-0.3, -0.25) is 4.79 Å². The third kappa shape index (κ3) is 4.35. The zero-order valence-electron chi connectivity index (χ0n) is 15.9. The van der Waals surface area contributed by atoms with Crippen LogP contribution in [0, 0.1) is 11.8 Å². The molecule has 27 heavy (non-hydrogen) atoms. The van der Waals surface area contributed by atoms with Gasteiger partial charge >= 0.3 is 5.97 Å². The minimum atomic E-state index is -3.32. The summed E-state index contributed by atoms with van der Waals surface area (Å²) in [6, 6.07) is 0. The van der Waals surface area contributed by atoms with Crippen molar-refractivity contribution in [2.24, 2.45) is 11.8 Å². The largest absolute Gasteiger partial charge is 0.465 e. The van der Waals surface area contributed by atoms with E-state index in [2.05, 4.69) is 12.2 Å². The Balaban J connectivity index is 1.82. The molecule has 2 unspecified atom stereocenters. The number of hydrogen-bond acceptors (Lipinski definition) is 6. The Hall–Kier alpha value is -1.45. The molecule has 9 heteroatoms. The van der Waals surface area contributed by atoms with Crippen molar-refractivity contribution in [1.82, 2.24) is 4.31 Å². The molecule has 2 heterocycles. The highest BCUT2D eigenvalue weighted by Crippen LogP contribution is 2.40. The highest BCUT2D eigenvalue weighted by atomic mass is 32.2. The Morgan fingerprint density at radius 2 is 2.04 bits per heavy atom. The summed E-state index contributed by atoms with van der Waals surface area (Å²) in [7, 11) is -1.98. The number of nitrogens with one attached hydrogen (secondary N) is 1. The van der Waals surface area contributed by atoms with Gasteiger partial charge in [-0.2, -0.15) is 0 Å². The third-order valence-electron chi connectivity index (χ3n) is 5.36. The second kappa shape index (κ2) is 7.89. The van der Waals surface area contributed by atoms with Crippen molar-refractivity contribution in [3.05, 3.63) is 16.0 Å². The zero-order chi connectivity index (χ0) is 19.8. The fourth-order valence-corrected chi connectivity index (χ4v) is 6.14. The molecular weight excluding hydrogens is 388 g/mol. The summed E-state index contributed by atoms with van der Waals surface area (Å²) in [6.07, 6.45) is 5.15. The van der Waals surface area contributed by atoms with Crippen LogP contribution in [-0.2, 0) is 32.4 Å². The van der Waals surface area contributed by atoms with Gasteiger partial charge in [0.1, 0.15) is 5.00 Å². The number of thiophene rings is 1.